The van der Waals surface area contributed by atoms with Gasteiger partial charge in [-0.05, 0) is 13.3 Å². The van der Waals surface area contributed by atoms with Crippen molar-refractivity contribution in [2.45, 2.75) is 38.8 Å². The summed E-state index contributed by atoms with van der Waals surface area (Å²) in [6.45, 7) is 6.85. The van der Waals surface area contributed by atoms with Crippen molar-refractivity contribution in [3.63, 3.8) is 0 Å². The molecular formula is C10H21N3O. The third kappa shape index (κ3) is 2.96. The summed E-state index contributed by atoms with van der Waals surface area (Å²) in [7, 11) is 0. The molecule has 1 heterocycles. The molecule has 1 fully saturated rings. The fourth-order valence-corrected chi connectivity index (χ4v) is 1.86. The molecule has 0 aromatic heterocycles. The Morgan fingerprint density at radius 1 is 1.71 bits per heavy atom. The van der Waals surface area contributed by atoms with E-state index in [2.05, 4.69) is 18.7 Å². The number of amidine groups is 1. The average molecular weight is 199 g/mol. The minimum absolute atomic E-state index is 0.151. The second kappa shape index (κ2) is 5.32. The van der Waals surface area contributed by atoms with E-state index in [0.717, 1.165) is 13.1 Å². The van der Waals surface area contributed by atoms with Crippen molar-refractivity contribution in [2.75, 3.05) is 19.7 Å². The molecule has 0 saturated carbocycles. The van der Waals surface area contributed by atoms with Crippen molar-refractivity contribution < 1.29 is 4.74 Å². The van der Waals surface area contributed by atoms with E-state index in [0.29, 0.717) is 12.6 Å². The second-order valence-corrected chi connectivity index (χ2v) is 3.95. The molecule has 82 valence electrons. The normalized spacial score (nSPS) is 26.0. The van der Waals surface area contributed by atoms with Gasteiger partial charge in [-0.25, -0.2) is 0 Å². The summed E-state index contributed by atoms with van der Waals surface area (Å²) in [6, 6.07) is 0.575. The third-order valence-electron chi connectivity index (χ3n) is 2.77. The number of hydrogen-bond donors (Lipinski definition) is 2. The van der Waals surface area contributed by atoms with Gasteiger partial charge in [0, 0.05) is 19.1 Å². The summed E-state index contributed by atoms with van der Waals surface area (Å²) in [5, 5.41) is 7.35. The Morgan fingerprint density at radius 3 is 3.00 bits per heavy atom. The molecule has 0 aliphatic carbocycles. The largest absolute Gasteiger partial charge is 0.385 e. The molecular weight excluding hydrogens is 178 g/mol. The lowest BCUT2D eigenvalue weighted by Crippen LogP contribution is -2.50. The van der Waals surface area contributed by atoms with Crippen LogP contribution >= 0.6 is 0 Å². The van der Waals surface area contributed by atoms with Crippen molar-refractivity contribution in [3.8, 4) is 0 Å². The summed E-state index contributed by atoms with van der Waals surface area (Å²) in [6.07, 6.45) is 2.21. The van der Waals surface area contributed by atoms with Gasteiger partial charge in [-0.1, -0.05) is 13.3 Å². The summed E-state index contributed by atoms with van der Waals surface area (Å²) in [4.78, 5) is 2.36. The lowest BCUT2D eigenvalue weighted by molar-refractivity contribution is -0.0107. The zero-order chi connectivity index (χ0) is 10.6. The van der Waals surface area contributed by atoms with Crippen LogP contribution in [-0.2, 0) is 4.74 Å². The van der Waals surface area contributed by atoms with E-state index in [1.807, 2.05) is 0 Å². The van der Waals surface area contributed by atoms with Crippen LogP contribution in [0.5, 0.6) is 0 Å². The number of rotatable bonds is 4. The molecule has 4 nitrogen and oxygen atoms in total. The maximum absolute atomic E-state index is 7.35. The number of nitrogens with zero attached hydrogens (tertiary/aromatic N) is 1. The van der Waals surface area contributed by atoms with Crippen molar-refractivity contribution in [3.05, 3.63) is 0 Å². The predicted molar refractivity (Wildman–Crippen MR) is 57.6 cm³/mol. The first-order chi connectivity index (χ1) is 6.65. The smallest absolute Gasteiger partial charge is 0.127 e. The van der Waals surface area contributed by atoms with Crippen LogP contribution in [0.25, 0.3) is 0 Å². The topological polar surface area (TPSA) is 62.3 Å². The molecule has 2 atom stereocenters. The fourth-order valence-electron chi connectivity index (χ4n) is 1.86. The number of nitrogens with two attached hydrogens (primary N) is 1. The zero-order valence-corrected chi connectivity index (χ0v) is 9.12. The predicted octanol–water partition coefficient (Wildman–Crippen LogP) is 0.812. The molecule has 14 heavy (non-hydrogen) atoms. The Bertz CT molecular complexity index is 196. The lowest BCUT2D eigenvalue weighted by Gasteiger charge is -2.36. The Morgan fingerprint density at radius 2 is 2.43 bits per heavy atom. The SMILES string of the molecule is CCCC(C)N1CCOC(C(=N)N)C1. The summed E-state index contributed by atoms with van der Waals surface area (Å²) in [5.74, 6) is 0.151. The highest BCUT2D eigenvalue weighted by atomic mass is 16.5. The highest BCUT2D eigenvalue weighted by molar-refractivity contribution is 5.82. The van der Waals surface area contributed by atoms with Gasteiger partial charge in [0.15, 0.2) is 0 Å². The molecule has 3 N–H and O–H groups in total. The van der Waals surface area contributed by atoms with Crippen LogP contribution in [0, 0.1) is 5.41 Å². The van der Waals surface area contributed by atoms with E-state index in [1.165, 1.54) is 12.8 Å². The standard InChI is InChI=1S/C10H21N3O/c1-3-4-8(2)13-5-6-14-9(7-13)10(11)12/h8-9H,3-7H2,1-2H3,(H3,11,12). The van der Waals surface area contributed by atoms with Gasteiger partial charge in [0.2, 0.25) is 0 Å². The molecule has 0 radical (unpaired) electrons. The summed E-state index contributed by atoms with van der Waals surface area (Å²) in [5.41, 5.74) is 5.44. The monoisotopic (exact) mass is 199 g/mol. The Hall–Kier alpha value is -0.610. The first-order valence-electron chi connectivity index (χ1n) is 5.34. The maximum Gasteiger partial charge on any atom is 0.127 e. The maximum atomic E-state index is 7.35. The number of morpholine rings is 1. The van der Waals surface area contributed by atoms with Crippen LogP contribution in [0.15, 0.2) is 0 Å². The zero-order valence-electron chi connectivity index (χ0n) is 9.12. The Labute approximate surface area is 85.9 Å². The number of ether oxygens (including phenoxy) is 1. The van der Waals surface area contributed by atoms with Gasteiger partial charge in [0.25, 0.3) is 0 Å². The van der Waals surface area contributed by atoms with E-state index in [1.54, 1.807) is 0 Å². The molecule has 1 saturated heterocycles. The highest BCUT2D eigenvalue weighted by Gasteiger charge is 2.25. The van der Waals surface area contributed by atoms with Gasteiger partial charge in [0.05, 0.1) is 6.61 Å². The summed E-state index contributed by atoms with van der Waals surface area (Å²) < 4.78 is 5.41. The van der Waals surface area contributed by atoms with Crippen molar-refractivity contribution >= 4 is 5.84 Å². The van der Waals surface area contributed by atoms with Crippen LogP contribution in [0.4, 0.5) is 0 Å². The quantitative estimate of drug-likeness (QED) is 0.520. The van der Waals surface area contributed by atoms with Crippen molar-refractivity contribution in [1.82, 2.24) is 4.90 Å². The molecule has 0 aromatic rings. The fraction of sp³-hybridized carbons (Fsp3) is 0.900. The second-order valence-electron chi connectivity index (χ2n) is 3.95. The first kappa shape index (κ1) is 11.5. The third-order valence-corrected chi connectivity index (χ3v) is 2.77. The van der Waals surface area contributed by atoms with Crippen molar-refractivity contribution in [1.29, 1.82) is 5.41 Å². The molecule has 1 aliphatic rings. The van der Waals surface area contributed by atoms with Gasteiger partial charge < -0.3 is 10.5 Å². The van der Waals surface area contributed by atoms with Crippen LogP contribution in [0.3, 0.4) is 0 Å². The lowest BCUT2D eigenvalue weighted by atomic mass is 10.1. The van der Waals surface area contributed by atoms with Crippen LogP contribution in [0.2, 0.25) is 0 Å². The molecule has 1 aliphatic heterocycles. The van der Waals surface area contributed by atoms with E-state index in [4.69, 9.17) is 15.9 Å². The highest BCUT2D eigenvalue weighted by Crippen LogP contribution is 2.12. The molecule has 1 rings (SSSR count). The molecule has 0 bridgehead atoms. The van der Waals surface area contributed by atoms with E-state index < -0.39 is 0 Å². The molecule has 0 aromatic carbocycles. The van der Waals surface area contributed by atoms with E-state index >= 15 is 0 Å². The number of nitrogens with one attached hydrogen (secondary N) is 1. The van der Waals surface area contributed by atoms with E-state index in [9.17, 15) is 0 Å². The summed E-state index contributed by atoms with van der Waals surface area (Å²) >= 11 is 0. The van der Waals surface area contributed by atoms with Gasteiger partial charge >= 0.3 is 0 Å². The first-order valence-corrected chi connectivity index (χ1v) is 5.34. The van der Waals surface area contributed by atoms with Gasteiger partial charge in [-0.15, -0.1) is 0 Å². The Balaban J connectivity index is 2.43. The Kier molecular flexibility index (Phi) is 4.35. The van der Waals surface area contributed by atoms with Crippen LogP contribution in [0.1, 0.15) is 26.7 Å². The minimum atomic E-state index is -0.192. The van der Waals surface area contributed by atoms with E-state index in [-0.39, 0.29) is 11.9 Å². The molecule has 4 heteroatoms. The molecule has 0 spiro atoms. The van der Waals surface area contributed by atoms with Crippen molar-refractivity contribution in [2.24, 2.45) is 5.73 Å². The number of hydrogen-bond acceptors (Lipinski definition) is 3. The average Bonchev–Trinajstić information content (AvgIpc) is 2.18. The molecule has 2 unspecified atom stereocenters. The van der Waals surface area contributed by atoms with Crippen LogP contribution < -0.4 is 5.73 Å². The van der Waals surface area contributed by atoms with Gasteiger partial charge in [-0.3, -0.25) is 10.3 Å². The van der Waals surface area contributed by atoms with Gasteiger partial charge in [-0.2, -0.15) is 0 Å². The minimum Gasteiger partial charge on any atom is -0.385 e. The van der Waals surface area contributed by atoms with Gasteiger partial charge in [0.1, 0.15) is 11.9 Å². The molecule has 0 amide bonds. The van der Waals surface area contributed by atoms with Crippen LogP contribution in [-0.4, -0.2) is 42.6 Å².